The molecule has 0 amide bonds. The minimum Gasteiger partial charge on any atom is -0.311 e. The Hall–Kier alpha value is -0.480. The van der Waals surface area contributed by atoms with Crippen LogP contribution < -0.4 is 5.32 Å². The first-order valence-electron chi connectivity index (χ1n) is 6.34. The second-order valence-electron chi connectivity index (χ2n) is 4.62. The van der Waals surface area contributed by atoms with E-state index in [1.807, 2.05) is 11.3 Å². The summed E-state index contributed by atoms with van der Waals surface area (Å²) in [6, 6.07) is 0. The van der Waals surface area contributed by atoms with Crippen LogP contribution in [0.1, 0.15) is 56.0 Å². The first-order chi connectivity index (χ1) is 7.80. The molecule has 1 aromatic heterocycles. The van der Waals surface area contributed by atoms with Crippen LogP contribution in [-0.2, 0) is 12.0 Å². The van der Waals surface area contributed by atoms with Crippen molar-refractivity contribution < 1.29 is 0 Å². The van der Waals surface area contributed by atoms with Gasteiger partial charge in [-0.25, -0.2) is 0 Å². The SMILES string of the molecule is CCNCc1nnc(C2(CC)CCCC2)s1. The predicted molar refractivity (Wildman–Crippen MR) is 67.7 cm³/mol. The molecule has 16 heavy (non-hydrogen) atoms. The summed E-state index contributed by atoms with van der Waals surface area (Å²) < 4.78 is 0. The molecule has 0 unspecified atom stereocenters. The van der Waals surface area contributed by atoms with Gasteiger partial charge in [0.25, 0.3) is 0 Å². The van der Waals surface area contributed by atoms with Gasteiger partial charge < -0.3 is 5.32 Å². The van der Waals surface area contributed by atoms with Crippen LogP contribution in [0.2, 0.25) is 0 Å². The van der Waals surface area contributed by atoms with Gasteiger partial charge in [0.1, 0.15) is 10.0 Å². The highest BCUT2D eigenvalue weighted by Gasteiger charge is 2.36. The summed E-state index contributed by atoms with van der Waals surface area (Å²) in [6.07, 6.45) is 6.54. The first-order valence-corrected chi connectivity index (χ1v) is 7.16. The molecule has 0 atom stereocenters. The van der Waals surface area contributed by atoms with Crippen molar-refractivity contribution in [1.82, 2.24) is 15.5 Å². The third-order valence-electron chi connectivity index (χ3n) is 3.68. The second kappa shape index (κ2) is 5.23. The molecule has 1 fully saturated rings. The van der Waals surface area contributed by atoms with Gasteiger partial charge in [0.15, 0.2) is 0 Å². The lowest BCUT2D eigenvalue weighted by Crippen LogP contribution is -2.20. The molecule has 3 nitrogen and oxygen atoms in total. The molecule has 90 valence electrons. The molecule has 0 aromatic carbocycles. The van der Waals surface area contributed by atoms with E-state index < -0.39 is 0 Å². The fourth-order valence-corrected chi connectivity index (χ4v) is 3.67. The zero-order valence-electron chi connectivity index (χ0n) is 10.3. The van der Waals surface area contributed by atoms with E-state index in [0.29, 0.717) is 5.41 Å². The second-order valence-corrected chi connectivity index (χ2v) is 5.68. The van der Waals surface area contributed by atoms with Gasteiger partial charge in [-0.3, -0.25) is 0 Å². The lowest BCUT2D eigenvalue weighted by molar-refractivity contribution is 0.419. The summed E-state index contributed by atoms with van der Waals surface area (Å²) >= 11 is 1.81. The largest absolute Gasteiger partial charge is 0.311 e. The molecule has 0 aliphatic heterocycles. The van der Waals surface area contributed by atoms with Gasteiger partial charge in [-0.2, -0.15) is 0 Å². The highest BCUT2D eigenvalue weighted by molar-refractivity contribution is 7.11. The Labute approximate surface area is 102 Å². The van der Waals surface area contributed by atoms with E-state index in [1.54, 1.807) is 0 Å². The Morgan fingerprint density at radius 3 is 2.62 bits per heavy atom. The number of hydrogen-bond acceptors (Lipinski definition) is 4. The predicted octanol–water partition coefficient (Wildman–Crippen LogP) is 2.87. The molecule has 1 N–H and O–H groups in total. The Morgan fingerprint density at radius 1 is 1.25 bits per heavy atom. The van der Waals surface area contributed by atoms with E-state index in [0.717, 1.165) is 18.1 Å². The molecule has 4 heteroatoms. The molecule has 1 saturated carbocycles. The maximum atomic E-state index is 4.42. The van der Waals surface area contributed by atoms with Crippen LogP contribution in [0.3, 0.4) is 0 Å². The molecule has 1 aliphatic carbocycles. The Bertz CT molecular complexity index is 329. The zero-order valence-corrected chi connectivity index (χ0v) is 11.1. The van der Waals surface area contributed by atoms with Crippen LogP contribution in [0.5, 0.6) is 0 Å². The van der Waals surface area contributed by atoms with Crippen molar-refractivity contribution in [3.8, 4) is 0 Å². The Balaban J connectivity index is 2.10. The number of rotatable bonds is 5. The molecule has 1 aliphatic rings. The summed E-state index contributed by atoms with van der Waals surface area (Å²) in [5.74, 6) is 0. The maximum Gasteiger partial charge on any atom is 0.131 e. The fraction of sp³-hybridized carbons (Fsp3) is 0.833. The van der Waals surface area contributed by atoms with Crippen LogP contribution in [0.25, 0.3) is 0 Å². The number of nitrogens with zero attached hydrogens (tertiary/aromatic N) is 2. The average Bonchev–Trinajstić information content (AvgIpc) is 2.95. The van der Waals surface area contributed by atoms with Crippen molar-refractivity contribution in [2.24, 2.45) is 0 Å². The summed E-state index contributed by atoms with van der Waals surface area (Å²) in [4.78, 5) is 0. The number of aromatic nitrogens is 2. The van der Waals surface area contributed by atoms with E-state index in [-0.39, 0.29) is 0 Å². The highest BCUT2D eigenvalue weighted by atomic mass is 32.1. The van der Waals surface area contributed by atoms with Crippen LogP contribution in [0, 0.1) is 0 Å². The molecule has 0 spiro atoms. The van der Waals surface area contributed by atoms with Crippen molar-refractivity contribution in [1.29, 1.82) is 0 Å². The maximum absolute atomic E-state index is 4.42. The normalized spacial score (nSPS) is 19.1. The van der Waals surface area contributed by atoms with Gasteiger partial charge in [-0.15, -0.1) is 10.2 Å². The topological polar surface area (TPSA) is 37.8 Å². The quantitative estimate of drug-likeness (QED) is 0.858. The van der Waals surface area contributed by atoms with Crippen molar-refractivity contribution >= 4 is 11.3 Å². The van der Waals surface area contributed by atoms with Gasteiger partial charge in [0, 0.05) is 12.0 Å². The van der Waals surface area contributed by atoms with Crippen LogP contribution in [-0.4, -0.2) is 16.7 Å². The summed E-state index contributed by atoms with van der Waals surface area (Å²) in [6.45, 7) is 6.27. The van der Waals surface area contributed by atoms with Gasteiger partial charge in [-0.05, 0) is 25.8 Å². The smallest absolute Gasteiger partial charge is 0.131 e. The monoisotopic (exact) mass is 239 g/mol. The molecular weight excluding hydrogens is 218 g/mol. The van der Waals surface area contributed by atoms with Crippen LogP contribution in [0.15, 0.2) is 0 Å². The lowest BCUT2D eigenvalue weighted by Gasteiger charge is -2.23. The van der Waals surface area contributed by atoms with Crippen molar-refractivity contribution in [3.05, 3.63) is 10.0 Å². The third-order valence-corrected chi connectivity index (χ3v) is 4.85. The third kappa shape index (κ3) is 2.28. The van der Waals surface area contributed by atoms with Crippen LogP contribution in [0.4, 0.5) is 0 Å². The zero-order chi connectivity index (χ0) is 11.4. The molecule has 2 rings (SSSR count). The standard InChI is InChI=1S/C12H21N3S/c1-3-12(7-5-6-8-12)11-15-14-10(16-11)9-13-4-2/h13H,3-9H2,1-2H3. The molecule has 1 heterocycles. The number of hydrogen-bond donors (Lipinski definition) is 1. The molecule has 0 bridgehead atoms. The van der Waals surface area contributed by atoms with Gasteiger partial charge in [-0.1, -0.05) is 38.0 Å². The van der Waals surface area contributed by atoms with Crippen LogP contribution >= 0.6 is 11.3 Å². The van der Waals surface area contributed by atoms with Gasteiger partial charge >= 0.3 is 0 Å². The van der Waals surface area contributed by atoms with Crippen molar-refractivity contribution in [3.63, 3.8) is 0 Å². The van der Waals surface area contributed by atoms with E-state index in [2.05, 4.69) is 29.4 Å². The Morgan fingerprint density at radius 2 is 2.00 bits per heavy atom. The minimum atomic E-state index is 0.363. The van der Waals surface area contributed by atoms with Crippen molar-refractivity contribution in [2.75, 3.05) is 6.54 Å². The lowest BCUT2D eigenvalue weighted by atomic mass is 9.84. The van der Waals surface area contributed by atoms with Gasteiger partial charge in [0.2, 0.25) is 0 Å². The van der Waals surface area contributed by atoms with Crippen molar-refractivity contribution in [2.45, 2.75) is 57.9 Å². The molecule has 0 radical (unpaired) electrons. The van der Waals surface area contributed by atoms with E-state index in [9.17, 15) is 0 Å². The molecule has 1 aromatic rings. The fourth-order valence-electron chi connectivity index (χ4n) is 2.54. The van der Waals surface area contributed by atoms with E-state index >= 15 is 0 Å². The van der Waals surface area contributed by atoms with E-state index in [1.165, 1.54) is 37.1 Å². The summed E-state index contributed by atoms with van der Waals surface area (Å²) in [5.41, 5.74) is 0.363. The Kier molecular flexibility index (Phi) is 3.92. The highest BCUT2D eigenvalue weighted by Crippen LogP contribution is 2.44. The number of nitrogens with one attached hydrogen (secondary N) is 1. The van der Waals surface area contributed by atoms with E-state index in [4.69, 9.17) is 0 Å². The van der Waals surface area contributed by atoms with Gasteiger partial charge in [0.05, 0.1) is 0 Å². The average molecular weight is 239 g/mol. The minimum absolute atomic E-state index is 0.363. The molecule has 0 saturated heterocycles. The molecular formula is C12H21N3S. The first kappa shape index (κ1) is 12.0. The summed E-state index contributed by atoms with van der Waals surface area (Å²) in [7, 11) is 0. The summed E-state index contributed by atoms with van der Waals surface area (Å²) in [5, 5.41) is 14.4.